The Bertz CT molecular complexity index is 1360. The third kappa shape index (κ3) is 2.63. The Morgan fingerprint density at radius 1 is 0.967 bits per heavy atom. The van der Waals surface area contributed by atoms with Crippen molar-refractivity contribution in [3.63, 3.8) is 0 Å². The number of hydrogen-bond donors (Lipinski definition) is 4. The monoisotopic (exact) mass is 400 g/mol. The minimum atomic E-state index is -0.440. The number of aliphatic hydroxyl groups excluding tert-OH is 1. The first-order chi connectivity index (χ1) is 14.6. The number of fused-ring (bicyclic) bond motifs is 2. The molecule has 3 heterocycles. The smallest absolute Gasteiger partial charge is 0.259 e. The number of nitrogens with zero attached hydrogens (tertiary/aromatic N) is 1. The van der Waals surface area contributed by atoms with E-state index in [1.54, 1.807) is 12.3 Å². The van der Waals surface area contributed by atoms with Crippen molar-refractivity contribution in [1.82, 2.24) is 14.9 Å². The number of aliphatic hydroxyl groups is 1. The van der Waals surface area contributed by atoms with Crippen LogP contribution in [0.15, 0.2) is 54.9 Å². The number of rotatable bonds is 5. The summed E-state index contributed by atoms with van der Waals surface area (Å²) in [5.74, 6) is -0.866. The lowest BCUT2D eigenvalue weighted by molar-refractivity contribution is -0.122. The number of imide groups is 1. The van der Waals surface area contributed by atoms with Crippen molar-refractivity contribution in [2.24, 2.45) is 0 Å². The minimum Gasteiger partial charge on any atom is -0.398 e. The Kier molecular flexibility index (Phi) is 4.18. The summed E-state index contributed by atoms with van der Waals surface area (Å²) in [6, 6.07) is 13.2. The van der Waals surface area contributed by atoms with Gasteiger partial charge >= 0.3 is 0 Å². The first-order valence-electron chi connectivity index (χ1n) is 9.75. The van der Waals surface area contributed by atoms with E-state index in [0.717, 1.165) is 21.8 Å². The SMILES string of the molecule is Nc1cccc2c1c(C1=C(c3c[nH]c4ccccc34)C(=O)NC1=O)cn2CCCO. The lowest BCUT2D eigenvalue weighted by Crippen LogP contribution is -2.22. The van der Waals surface area contributed by atoms with E-state index >= 15 is 0 Å². The van der Waals surface area contributed by atoms with Gasteiger partial charge in [0.25, 0.3) is 11.8 Å². The van der Waals surface area contributed by atoms with Crippen molar-refractivity contribution in [1.29, 1.82) is 0 Å². The van der Waals surface area contributed by atoms with E-state index in [4.69, 9.17) is 5.73 Å². The number of aromatic amines is 1. The van der Waals surface area contributed by atoms with E-state index in [0.29, 0.717) is 40.9 Å². The summed E-state index contributed by atoms with van der Waals surface area (Å²) >= 11 is 0. The van der Waals surface area contributed by atoms with Gasteiger partial charge < -0.3 is 20.4 Å². The normalized spacial score (nSPS) is 14.3. The van der Waals surface area contributed by atoms with Gasteiger partial charge in [0.15, 0.2) is 0 Å². The summed E-state index contributed by atoms with van der Waals surface area (Å²) in [5, 5.41) is 13.3. The number of H-pyrrole nitrogens is 1. The van der Waals surface area contributed by atoms with E-state index in [1.807, 2.05) is 47.2 Å². The largest absolute Gasteiger partial charge is 0.398 e. The van der Waals surface area contributed by atoms with Crippen LogP contribution in [-0.4, -0.2) is 33.1 Å². The van der Waals surface area contributed by atoms with Crippen molar-refractivity contribution >= 4 is 50.5 Å². The van der Waals surface area contributed by atoms with E-state index in [2.05, 4.69) is 10.3 Å². The van der Waals surface area contributed by atoms with Gasteiger partial charge in [-0.2, -0.15) is 0 Å². The fourth-order valence-electron chi connectivity index (χ4n) is 4.24. The highest BCUT2D eigenvalue weighted by atomic mass is 16.3. The van der Waals surface area contributed by atoms with Crippen LogP contribution in [0.5, 0.6) is 0 Å². The molecule has 0 radical (unpaired) electrons. The van der Waals surface area contributed by atoms with Crippen molar-refractivity contribution in [3.8, 4) is 0 Å². The first-order valence-corrected chi connectivity index (χ1v) is 9.75. The molecule has 0 aliphatic carbocycles. The molecule has 2 amide bonds. The Morgan fingerprint density at radius 3 is 2.53 bits per heavy atom. The van der Waals surface area contributed by atoms with E-state index in [-0.39, 0.29) is 6.61 Å². The quantitative estimate of drug-likeness (QED) is 0.305. The number of aromatic nitrogens is 2. The zero-order valence-corrected chi connectivity index (χ0v) is 16.1. The van der Waals surface area contributed by atoms with Gasteiger partial charge in [-0.05, 0) is 24.6 Å². The lowest BCUT2D eigenvalue weighted by atomic mass is 9.95. The van der Waals surface area contributed by atoms with Crippen molar-refractivity contribution in [3.05, 3.63) is 66.0 Å². The summed E-state index contributed by atoms with van der Waals surface area (Å²) in [7, 11) is 0. The van der Waals surface area contributed by atoms with Crippen LogP contribution < -0.4 is 11.1 Å². The topological polar surface area (TPSA) is 113 Å². The number of carbonyl (C=O) groups excluding carboxylic acids is 2. The number of nitrogen functional groups attached to an aromatic ring is 1. The summed E-state index contributed by atoms with van der Waals surface area (Å²) in [6.45, 7) is 0.626. The number of amides is 2. The fraction of sp³-hybridized carbons (Fsp3) is 0.130. The maximum absolute atomic E-state index is 12.9. The Morgan fingerprint density at radius 2 is 1.73 bits per heavy atom. The number of para-hydroxylation sites is 1. The van der Waals surface area contributed by atoms with Crippen LogP contribution in [0.4, 0.5) is 5.69 Å². The number of benzene rings is 2. The highest BCUT2D eigenvalue weighted by molar-refractivity contribution is 6.51. The molecule has 1 aliphatic rings. The second kappa shape index (κ2) is 6.89. The summed E-state index contributed by atoms with van der Waals surface area (Å²) < 4.78 is 1.97. The Balaban J connectivity index is 1.82. The second-order valence-corrected chi connectivity index (χ2v) is 7.34. The van der Waals surface area contributed by atoms with E-state index < -0.39 is 11.8 Å². The summed E-state index contributed by atoms with van der Waals surface area (Å²) in [6.07, 6.45) is 4.17. The van der Waals surface area contributed by atoms with E-state index in [9.17, 15) is 14.7 Å². The molecule has 0 saturated carbocycles. The lowest BCUT2D eigenvalue weighted by Gasteiger charge is -2.05. The van der Waals surface area contributed by atoms with Crippen LogP contribution in [0.2, 0.25) is 0 Å². The molecule has 7 nitrogen and oxygen atoms in total. The first kappa shape index (κ1) is 18.2. The van der Waals surface area contributed by atoms with Crippen LogP contribution in [0.1, 0.15) is 17.5 Å². The molecule has 150 valence electrons. The van der Waals surface area contributed by atoms with Gasteiger partial charge in [0.05, 0.1) is 16.7 Å². The maximum atomic E-state index is 12.9. The molecule has 5 N–H and O–H groups in total. The van der Waals surface area contributed by atoms with Gasteiger partial charge in [-0.15, -0.1) is 0 Å². The van der Waals surface area contributed by atoms with Crippen LogP contribution in [-0.2, 0) is 16.1 Å². The molecule has 30 heavy (non-hydrogen) atoms. The molecule has 0 unspecified atom stereocenters. The van der Waals surface area contributed by atoms with Crippen molar-refractivity contribution in [2.75, 3.05) is 12.3 Å². The molecule has 1 aliphatic heterocycles. The molecule has 2 aromatic heterocycles. The maximum Gasteiger partial charge on any atom is 0.259 e. The average molecular weight is 400 g/mol. The molecule has 0 spiro atoms. The van der Waals surface area contributed by atoms with Gasteiger partial charge in [0, 0.05) is 58.6 Å². The van der Waals surface area contributed by atoms with Crippen LogP contribution in [0.3, 0.4) is 0 Å². The second-order valence-electron chi connectivity index (χ2n) is 7.34. The zero-order chi connectivity index (χ0) is 20.8. The molecule has 0 fully saturated rings. The molecular formula is C23H20N4O3. The molecule has 0 saturated heterocycles. The Labute approximate surface area is 171 Å². The van der Waals surface area contributed by atoms with Gasteiger partial charge in [-0.3, -0.25) is 14.9 Å². The number of hydrogen-bond acceptors (Lipinski definition) is 4. The van der Waals surface area contributed by atoms with Crippen LogP contribution in [0.25, 0.3) is 33.0 Å². The zero-order valence-electron chi connectivity index (χ0n) is 16.1. The van der Waals surface area contributed by atoms with Gasteiger partial charge in [0.2, 0.25) is 0 Å². The van der Waals surface area contributed by atoms with E-state index in [1.165, 1.54) is 0 Å². The molecule has 0 atom stereocenters. The summed E-state index contributed by atoms with van der Waals surface area (Å²) in [5.41, 5.74) is 10.5. The van der Waals surface area contributed by atoms with Crippen LogP contribution >= 0.6 is 0 Å². The fourth-order valence-corrected chi connectivity index (χ4v) is 4.24. The molecule has 7 heteroatoms. The van der Waals surface area contributed by atoms with Crippen molar-refractivity contribution < 1.29 is 14.7 Å². The number of nitrogens with one attached hydrogen (secondary N) is 2. The number of anilines is 1. The number of aryl methyl sites for hydroxylation is 1. The van der Waals surface area contributed by atoms with Crippen molar-refractivity contribution in [2.45, 2.75) is 13.0 Å². The third-order valence-electron chi connectivity index (χ3n) is 5.55. The predicted octanol–water partition coefficient (Wildman–Crippen LogP) is 2.65. The molecule has 0 bridgehead atoms. The predicted molar refractivity (Wildman–Crippen MR) is 116 cm³/mol. The standard InChI is InChI=1S/C23H20N4O3/c24-16-6-3-8-18-19(16)15(12-27(18)9-4-10-28)21-20(22(29)26-23(21)30)14-11-25-17-7-2-1-5-13(14)17/h1-3,5-8,11-12,25,28H,4,9-10,24H2,(H,26,29,30). The van der Waals surface area contributed by atoms with Gasteiger partial charge in [0.1, 0.15) is 0 Å². The third-order valence-corrected chi connectivity index (χ3v) is 5.55. The van der Waals surface area contributed by atoms with Crippen LogP contribution in [0, 0.1) is 0 Å². The average Bonchev–Trinajstić information content (AvgIpc) is 3.40. The highest BCUT2D eigenvalue weighted by Gasteiger charge is 2.35. The molecule has 5 rings (SSSR count). The van der Waals surface area contributed by atoms with Gasteiger partial charge in [-0.25, -0.2) is 0 Å². The highest BCUT2D eigenvalue weighted by Crippen LogP contribution is 2.39. The number of nitrogens with two attached hydrogens (primary N) is 1. The summed E-state index contributed by atoms with van der Waals surface area (Å²) in [4.78, 5) is 28.9. The molecule has 2 aromatic carbocycles. The molecular weight excluding hydrogens is 380 g/mol. The number of carbonyl (C=O) groups is 2. The molecule has 4 aromatic rings. The Hall–Kier alpha value is -3.84. The minimum absolute atomic E-state index is 0.0551. The van der Waals surface area contributed by atoms with Gasteiger partial charge in [-0.1, -0.05) is 24.3 Å².